The van der Waals surface area contributed by atoms with Crippen LogP contribution in [0.15, 0.2) is 12.3 Å². The SMILES string of the molecule is C/C=C/NON. The van der Waals surface area contributed by atoms with Crippen LogP contribution in [0.5, 0.6) is 0 Å². The lowest BCUT2D eigenvalue weighted by atomic mass is 10.7. The highest BCUT2D eigenvalue weighted by Gasteiger charge is 1.56. The Labute approximate surface area is 36.7 Å². The van der Waals surface area contributed by atoms with Gasteiger partial charge in [0.05, 0.1) is 0 Å². The number of hydrogen-bond donors (Lipinski definition) is 2. The van der Waals surface area contributed by atoms with Crippen molar-refractivity contribution in [1.29, 1.82) is 0 Å². The van der Waals surface area contributed by atoms with Crippen LogP contribution in [-0.4, -0.2) is 0 Å². The first-order chi connectivity index (χ1) is 2.91. The molecule has 0 aromatic carbocycles. The van der Waals surface area contributed by atoms with Gasteiger partial charge in [-0.1, -0.05) is 6.08 Å². The van der Waals surface area contributed by atoms with E-state index in [2.05, 4.69) is 16.3 Å². The fourth-order valence-corrected chi connectivity index (χ4v) is 0.107. The summed E-state index contributed by atoms with van der Waals surface area (Å²) in [5, 5.41) is 0. The van der Waals surface area contributed by atoms with Gasteiger partial charge in [0, 0.05) is 6.20 Å². The second-order valence-corrected chi connectivity index (χ2v) is 0.736. The number of nitrogens with two attached hydrogens (primary N) is 1. The van der Waals surface area contributed by atoms with Crippen LogP contribution < -0.4 is 11.4 Å². The van der Waals surface area contributed by atoms with Crippen molar-refractivity contribution < 1.29 is 4.94 Å². The standard InChI is InChI=1S/C3H8N2O/c1-2-3-5-6-4/h2-3,5H,4H2,1H3/b3-2+. The number of hydroxylamine groups is 1. The first-order valence-corrected chi connectivity index (χ1v) is 1.64. The molecule has 0 bridgehead atoms. The van der Waals surface area contributed by atoms with E-state index in [4.69, 9.17) is 0 Å². The normalized spacial score (nSPS) is 9.67. The Kier molecular flexibility index (Phi) is 4.06. The lowest BCUT2D eigenvalue weighted by molar-refractivity contribution is 0.0721. The van der Waals surface area contributed by atoms with E-state index in [1.807, 2.05) is 6.92 Å². The molecule has 0 aromatic rings. The Morgan fingerprint density at radius 2 is 2.50 bits per heavy atom. The molecule has 3 N–H and O–H groups in total. The Morgan fingerprint density at radius 3 is 2.67 bits per heavy atom. The third-order valence-electron chi connectivity index (χ3n) is 0.303. The zero-order chi connectivity index (χ0) is 4.83. The highest BCUT2D eigenvalue weighted by molar-refractivity contribution is 4.68. The van der Waals surface area contributed by atoms with Gasteiger partial charge in [0.1, 0.15) is 0 Å². The fraction of sp³-hybridized carbons (Fsp3) is 0.333. The van der Waals surface area contributed by atoms with Crippen LogP contribution in [0.25, 0.3) is 0 Å². The lowest BCUT2D eigenvalue weighted by Gasteiger charge is -1.86. The molecule has 0 atom stereocenters. The zero-order valence-electron chi connectivity index (χ0n) is 3.64. The maximum atomic E-state index is 4.55. The third-order valence-corrected chi connectivity index (χ3v) is 0.303. The smallest absolute Gasteiger partial charge is 0.0219 e. The van der Waals surface area contributed by atoms with Crippen molar-refractivity contribution >= 4 is 0 Å². The van der Waals surface area contributed by atoms with E-state index >= 15 is 0 Å². The minimum absolute atomic E-state index is 1.58. The summed E-state index contributed by atoms with van der Waals surface area (Å²) in [5.41, 5.74) is 2.30. The summed E-state index contributed by atoms with van der Waals surface area (Å²) in [7, 11) is 0. The van der Waals surface area contributed by atoms with Gasteiger partial charge in [-0.15, -0.1) is 0 Å². The van der Waals surface area contributed by atoms with Crippen molar-refractivity contribution in [3.63, 3.8) is 0 Å². The van der Waals surface area contributed by atoms with Gasteiger partial charge >= 0.3 is 0 Å². The van der Waals surface area contributed by atoms with E-state index < -0.39 is 0 Å². The lowest BCUT2D eigenvalue weighted by Crippen LogP contribution is -2.11. The maximum absolute atomic E-state index is 4.55. The van der Waals surface area contributed by atoms with E-state index in [0.29, 0.717) is 0 Å². The van der Waals surface area contributed by atoms with E-state index in [-0.39, 0.29) is 0 Å². The van der Waals surface area contributed by atoms with E-state index in [0.717, 1.165) is 0 Å². The molecular formula is C3H8N2O. The minimum Gasteiger partial charge on any atom is -0.256 e. The van der Waals surface area contributed by atoms with Crippen molar-refractivity contribution in [1.82, 2.24) is 5.48 Å². The average Bonchev–Trinajstić information content (AvgIpc) is 1.61. The first kappa shape index (κ1) is 5.46. The van der Waals surface area contributed by atoms with Crippen molar-refractivity contribution in [2.24, 2.45) is 5.90 Å². The Balaban J connectivity index is 2.66. The molecule has 0 fully saturated rings. The predicted octanol–water partition coefficient (Wildman–Crippen LogP) is -0.0851. The Morgan fingerprint density at radius 1 is 1.83 bits per heavy atom. The molecule has 0 aromatic heterocycles. The van der Waals surface area contributed by atoms with Crippen LogP contribution in [0, 0.1) is 0 Å². The minimum atomic E-state index is 1.58. The summed E-state index contributed by atoms with van der Waals surface area (Å²) in [4.78, 5) is 3.95. The molecule has 0 radical (unpaired) electrons. The molecule has 3 heteroatoms. The third kappa shape index (κ3) is 3.46. The van der Waals surface area contributed by atoms with Crippen molar-refractivity contribution in [2.45, 2.75) is 6.92 Å². The molecule has 0 aliphatic rings. The van der Waals surface area contributed by atoms with Gasteiger partial charge < -0.3 is 0 Å². The summed E-state index contributed by atoms with van der Waals surface area (Å²) in [6, 6.07) is 0. The summed E-state index contributed by atoms with van der Waals surface area (Å²) in [6.45, 7) is 1.85. The van der Waals surface area contributed by atoms with Crippen LogP contribution in [0.3, 0.4) is 0 Å². The molecule has 0 saturated carbocycles. The molecule has 0 aliphatic carbocycles. The molecule has 0 unspecified atom stereocenters. The van der Waals surface area contributed by atoms with E-state index in [1.165, 1.54) is 0 Å². The Hall–Kier alpha value is -0.540. The molecule has 6 heavy (non-hydrogen) atoms. The van der Waals surface area contributed by atoms with Crippen molar-refractivity contribution in [2.75, 3.05) is 0 Å². The second-order valence-electron chi connectivity index (χ2n) is 0.736. The molecular weight excluding hydrogens is 80.0 g/mol. The first-order valence-electron chi connectivity index (χ1n) is 1.64. The van der Waals surface area contributed by atoms with E-state index in [9.17, 15) is 0 Å². The number of allylic oxidation sites excluding steroid dienone is 1. The second kappa shape index (κ2) is 4.46. The maximum Gasteiger partial charge on any atom is 0.0219 e. The quantitative estimate of drug-likeness (QED) is 0.464. The van der Waals surface area contributed by atoms with Gasteiger partial charge in [-0.05, 0) is 6.92 Å². The molecule has 0 rings (SSSR count). The molecule has 36 valence electrons. The van der Waals surface area contributed by atoms with Crippen LogP contribution in [0.1, 0.15) is 6.92 Å². The molecule has 0 aliphatic heterocycles. The summed E-state index contributed by atoms with van der Waals surface area (Å²) in [6.07, 6.45) is 3.35. The van der Waals surface area contributed by atoms with Crippen LogP contribution >= 0.6 is 0 Å². The van der Waals surface area contributed by atoms with Gasteiger partial charge in [-0.25, -0.2) is 0 Å². The molecule has 0 saturated heterocycles. The van der Waals surface area contributed by atoms with Crippen LogP contribution in [-0.2, 0) is 4.94 Å². The number of hydrogen-bond acceptors (Lipinski definition) is 3. The summed E-state index contributed by atoms with van der Waals surface area (Å²) < 4.78 is 0. The molecule has 0 amide bonds. The van der Waals surface area contributed by atoms with Gasteiger partial charge in [0.2, 0.25) is 0 Å². The highest BCUT2D eigenvalue weighted by atomic mass is 16.8. The van der Waals surface area contributed by atoms with Gasteiger partial charge in [-0.2, -0.15) is 10.8 Å². The predicted molar refractivity (Wildman–Crippen MR) is 23.2 cm³/mol. The van der Waals surface area contributed by atoms with E-state index in [1.54, 1.807) is 12.3 Å². The number of rotatable bonds is 2. The zero-order valence-corrected chi connectivity index (χ0v) is 3.64. The highest BCUT2D eigenvalue weighted by Crippen LogP contribution is 1.56. The molecule has 3 nitrogen and oxygen atoms in total. The van der Waals surface area contributed by atoms with Gasteiger partial charge in [-0.3, -0.25) is 5.48 Å². The molecule has 0 spiro atoms. The van der Waals surface area contributed by atoms with Crippen molar-refractivity contribution in [3.05, 3.63) is 12.3 Å². The summed E-state index contributed by atoms with van der Waals surface area (Å²) >= 11 is 0. The largest absolute Gasteiger partial charge is 0.256 e. The topological polar surface area (TPSA) is 47.3 Å². The van der Waals surface area contributed by atoms with Crippen LogP contribution in [0.4, 0.5) is 0 Å². The molecule has 0 heterocycles. The number of nitrogens with one attached hydrogen (secondary N) is 1. The van der Waals surface area contributed by atoms with Gasteiger partial charge in [0.25, 0.3) is 0 Å². The fourth-order valence-electron chi connectivity index (χ4n) is 0.107. The average molecular weight is 88.1 g/mol. The van der Waals surface area contributed by atoms with Gasteiger partial charge in [0.15, 0.2) is 0 Å². The van der Waals surface area contributed by atoms with Crippen LogP contribution in [0.2, 0.25) is 0 Å². The monoisotopic (exact) mass is 88.1 g/mol. The summed E-state index contributed by atoms with van der Waals surface area (Å²) in [5.74, 6) is 4.55. The van der Waals surface area contributed by atoms with Crippen molar-refractivity contribution in [3.8, 4) is 0 Å². The Bertz CT molecular complexity index is 44.1.